The third-order valence-corrected chi connectivity index (χ3v) is 4.29. The highest BCUT2D eigenvalue weighted by Crippen LogP contribution is 2.27. The van der Waals surface area contributed by atoms with E-state index in [0.29, 0.717) is 6.04 Å². The molecule has 0 aromatic carbocycles. The van der Waals surface area contributed by atoms with E-state index in [1.165, 1.54) is 71.1 Å². The summed E-state index contributed by atoms with van der Waals surface area (Å²) < 4.78 is 0. The number of rotatable bonds is 11. The van der Waals surface area contributed by atoms with E-state index in [0.717, 1.165) is 5.92 Å². The van der Waals surface area contributed by atoms with Crippen molar-refractivity contribution in [3.05, 3.63) is 0 Å². The molecule has 0 spiro atoms. The monoisotopic (exact) mass is 254 g/mol. The molecule has 2 heteroatoms. The molecule has 0 bridgehead atoms. The molecule has 1 saturated carbocycles. The van der Waals surface area contributed by atoms with Crippen LogP contribution < -0.4 is 5.32 Å². The lowest BCUT2D eigenvalue weighted by Crippen LogP contribution is -2.33. The Morgan fingerprint density at radius 1 is 1.22 bits per heavy atom. The molecule has 0 saturated heterocycles. The molecule has 1 N–H and O–H groups in total. The first-order chi connectivity index (χ1) is 8.76. The SMILES string of the molecule is CCCNC(C)CCCCN(CC)CC1CCC1. The van der Waals surface area contributed by atoms with Gasteiger partial charge in [0.15, 0.2) is 0 Å². The summed E-state index contributed by atoms with van der Waals surface area (Å²) in [5.41, 5.74) is 0. The average molecular weight is 254 g/mol. The van der Waals surface area contributed by atoms with Crippen LogP contribution in [0.1, 0.15) is 65.7 Å². The Hall–Kier alpha value is -0.0800. The van der Waals surface area contributed by atoms with Gasteiger partial charge in [-0.05, 0) is 64.6 Å². The molecule has 0 aliphatic heterocycles. The van der Waals surface area contributed by atoms with Crippen LogP contribution in [0.4, 0.5) is 0 Å². The number of nitrogens with one attached hydrogen (secondary N) is 1. The predicted octanol–water partition coefficient (Wildman–Crippen LogP) is 3.67. The highest BCUT2D eigenvalue weighted by Gasteiger charge is 2.19. The van der Waals surface area contributed by atoms with Gasteiger partial charge in [0.25, 0.3) is 0 Å². The quantitative estimate of drug-likeness (QED) is 0.566. The first-order valence-corrected chi connectivity index (χ1v) is 8.22. The lowest BCUT2D eigenvalue weighted by molar-refractivity contribution is 0.181. The minimum absolute atomic E-state index is 0.701. The van der Waals surface area contributed by atoms with Crippen LogP contribution in [0.15, 0.2) is 0 Å². The standard InChI is InChI=1S/C16H34N2/c1-4-12-17-15(3)9-6-7-13-18(5-2)14-16-10-8-11-16/h15-17H,4-14H2,1-3H3. The van der Waals surface area contributed by atoms with Crippen molar-refractivity contribution in [2.75, 3.05) is 26.2 Å². The molecule has 1 aliphatic rings. The summed E-state index contributed by atoms with van der Waals surface area (Å²) in [4.78, 5) is 2.66. The summed E-state index contributed by atoms with van der Waals surface area (Å²) in [6.45, 7) is 11.9. The van der Waals surface area contributed by atoms with Crippen molar-refractivity contribution in [2.45, 2.75) is 71.8 Å². The van der Waals surface area contributed by atoms with Gasteiger partial charge in [0.2, 0.25) is 0 Å². The molecule has 0 aromatic rings. The topological polar surface area (TPSA) is 15.3 Å². The molecular weight excluding hydrogens is 220 g/mol. The average Bonchev–Trinajstić information content (AvgIpc) is 2.33. The van der Waals surface area contributed by atoms with E-state index in [4.69, 9.17) is 0 Å². The van der Waals surface area contributed by atoms with Gasteiger partial charge in [-0.1, -0.05) is 26.7 Å². The normalized spacial score (nSPS) is 18.0. The first-order valence-electron chi connectivity index (χ1n) is 8.22. The molecule has 0 radical (unpaired) electrons. The maximum absolute atomic E-state index is 3.57. The molecule has 1 fully saturated rings. The Morgan fingerprint density at radius 3 is 2.56 bits per heavy atom. The van der Waals surface area contributed by atoms with Gasteiger partial charge in [-0.3, -0.25) is 0 Å². The van der Waals surface area contributed by atoms with Crippen molar-refractivity contribution >= 4 is 0 Å². The first kappa shape index (κ1) is 16.0. The van der Waals surface area contributed by atoms with Gasteiger partial charge in [0.1, 0.15) is 0 Å². The van der Waals surface area contributed by atoms with Crippen LogP contribution in [0.2, 0.25) is 0 Å². The van der Waals surface area contributed by atoms with Gasteiger partial charge in [0.05, 0.1) is 0 Å². The van der Waals surface area contributed by atoms with Crippen molar-refractivity contribution in [1.82, 2.24) is 10.2 Å². The van der Waals surface area contributed by atoms with E-state index in [-0.39, 0.29) is 0 Å². The number of hydrogen-bond acceptors (Lipinski definition) is 2. The van der Waals surface area contributed by atoms with E-state index in [1.807, 2.05) is 0 Å². The lowest BCUT2D eigenvalue weighted by atomic mass is 9.85. The molecule has 2 nitrogen and oxygen atoms in total. The number of hydrogen-bond donors (Lipinski definition) is 1. The Kier molecular flexibility index (Phi) is 8.70. The third-order valence-electron chi connectivity index (χ3n) is 4.29. The Morgan fingerprint density at radius 2 is 2.00 bits per heavy atom. The molecule has 1 atom stereocenters. The minimum Gasteiger partial charge on any atom is -0.314 e. The zero-order valence-corrected chi connectivity index (χ0v) is 12.9. The van der Waals surface area contributed by atoms with E-state index in [9.17, 15) is 0 Å². The van der Waals surface area contributed by atoms with E-state index in [2.05, 4.69) is 31.0 Å². The second kappa shape index (κ2) is 9.80. The van der Waals surface area contributed by atoms with Crippen molar-refractivity contribution < 1.29 is 0 Å². The zero-order valence-electron chi connectivity index (χ0n) is 12.9. The molecule has 1 aliphatic carbocycles. The number of nitrogens with zero attached hydrogens (tertiary/aromatic N) is 1. The fraction of sp³-hybridized carbons (Fsp3) is 1.00. The zero-order chi connectivity index (χ0) is 13.2. The van der Waals surface area contributed by atoms with Crippen LogP contribution in [0, 0.1) is 5.92 Å². The second-order valence-electron chi connectivity index (χ2n) is 6.04. The summed E-state index contributed by atoms with van der Waals surface area (Å²) in [6, 6.07) is 0.701. The van der Waals surface area contributed by atoms with Gasteiger partial charge in [-0.25, -0.2) is 0 Å². The third kappa shape index (κ3) is 6.75. The molecule has 0 amide bonds. The Balaban J connectivity index is 1.97. The second-order valence-corrected chi connectivity index (χ2v) is 6.04. The smallest absolute Gasteiger partial charge is 0.00387 e. The van der Waals surface area contributed by atoms with Crippen molar-refractivity contribution in [2.24, 2.45) is 5.92 Å². The van der Waals surface area contributed by atoms with Crippen LogP contribution in [-0.2, 0) is 0 Å². The highest BCUT2D eigenvalue weighted by molar-refractivity contribution is 4.73. The van der Waals surface area contributed by atoms with Crippen LogP contribution in [0.5, 0.6) is 0 Å². The summed E-state index contributed by atoms with van der Waals surface area (Å²) in [6.07, 6.45) is 9.76. The van der Waals surface area contributed by atoms with Gasteiger partial charge >= 0.3 is 0 Å². The maximum Gasteiger partial charge on any atom is 0.00387 e. The van der Waals surface area contributed by atoms with Gasteiger partial charge < -0.3 is 10.2 Å². The lowest BCUT2D eigenvalue weighted by Gasteiger charge is -2.31. The summed E-state index contributed by atoms with van der Waals surface area (Å²) in [7, 11) is 0. The Labute approximate surface area is 115 Å². The van der Waals surface area contributed by atoms with Gasteiger partial charge in [-0.15, -0.1) is 0 Å². The largest absolute Gasteiger partial charge is 0.314 e. The van der Waals surface area contributed by atoms with Gasteiger partial charge in [-0.2, -0.15) is 0 Å². The maximum atomic E-state index is 3.57. The van der Waals surface area contributed by atoms with E-state index in [1.54, 1.807) is 0 Å². The van der Waals surface area contributed by atoms with Crippen molar-refractivity contribution in [3.63, 3.8) is 0 Å². The molecule has 0 heterocycles. The predicted molar refractivity (Wildman–Crippen MR) is 81.1 cm³/mol. The molecule has 1 unspecified atom stereocenters. The Bertz CT molecular complexity index is 190. The van der Waals surface area contributed by atoms with Crippen LogP contribution >= 0.6 is 0 Å². The molecule has 0 aromatic heterocycles. The fourth-order valence-corrected chi connectivity index (χ4v) is 2.70. The summed E-state index contributed by atoms with van der Waals surface area (Å²) in [5.74, 6) is 1.02. The summed E-state index contributed by atoms with van der Waals surface area (Å²) >= 11 is 0. The van der Waals surface area contributed by atoms with E-state index >= 15 is 0 Å². The van der Waals surface area contributed by atoms with E-state index < -0.39 is 0 Å². The molecular formula is C16H34N2. The highest BCUT2D eigenvalue weighted by atomic mass is 15.1. The number of unbranched alkanes of at least 4 members (excludes halogenated alkanes) is 1. The van der Waals surface area contributed by atoms with Crippen LogP contribution in [-0.4, -0.2) is 37.1 Å². The molecule has 18 heavy (non-hydrogen) atoms. The minimum atomic E-state index is 0.701. The van der Waals surface area contributed by atoms with Crippen molar-refractivity contribution in [1.29, 1.82) is 0 Å². The van der Waals surface area contributed by atoms with Crippen LogP contribution in [0.25, 0.3) is 0 Å². The van der Waals surface area contributed by atoms with Gasteiger partial charge in [0, 0.05) is 12.6 Å². The molecule has 1 rings (SSSR count). The summed E-state index contributed by atoms with van der Waals surface area (Å²) in [5, 5.41) is 3.57. The fourth-order valence-electron chi connectivity index (χ4n) is 2.70. The van der Waals surface area contributed by atoms with Crippen molar-refractivity contribution in [3.8, 4) is 0 Å². The molecule has 108 valence electrons. The van der Waals surface area contributed by atoms with Crippen LogP contribution in [0.3, 0.4) is 0 Å².